The quantitative estimate of drug-likeness (QED) is 0.735. The largest absolute Gasteiger partial charge is 0.497 e. The van der Waals surface area contributed by atoms with Crippen LogP contribution in [0.5, 0.6) is 5.75 Å². The lowest BCUT2D eigenvalue weighted by molar-refractivity contribution is -0.161. The molecule has 3 nitrogen and oxygen atoms in total. The molecule has 0 aromatic heterocycles. The van der Waals surface area contributed by atoms with Crippen LogP contribution in [-0.4, -0.2) is 36.9 Å². The van der Waals surface area contributed by atoms with Crippen molar-refractivity contribution in [3.8, 4) is 5.75 Å². The number of ether oxygens (including phenoxy) is 1. The molecule has 1 aromatic carbocycles. The Morgan fingerprint density at radius 1 is 1.10 bits per heavy atom. The molecule has 5 saturated carbocycles. The highest BCUT2D eigenvalue weighted by molar-refractivity contribution is 5.85. The number of hydrogen-bond acceptors (Lipinski definition) is 3. The van der Waals surface area contributed by atoms with Crippen molar-refractivity contribution in [2.45, 2.75) is 69.2 Å². The van der Waals surface area contributed by atoms with Gasteiger partial charge in [0.05, 0.1) is 7.11 Å². The molecule has 1 aliphatic heterocycles. The Kier molecular flexibility index (Phi) is 3.86. The number of piperidine rings is 1. The topological polar surface area (TPSA) is 29.5 Å². The highest BCUT2D eigenvalue weighted by Gasteiger charge is 2.65. The fourth-order valence-electron chi connectivity index (χ4n) is 9.10. The van der Waals surface area contributed by atoms with Gasteiger partial charge in [-0.2, -0.15) is 0 Å². The Hall–Kier alpha value is -1.35. The second-order valence-corrected chi connectivity index (χ2v) is 11.6. The number of ketones is 1. The minimum Gasteiger partial charge on any atom is -0.497 e. The first-order chi connectivity index (χ1) is 14.7. The molecule has 0 spiro atoms. The Morgan fingerprint density at radius 2 is 1.90 bits per heavy atom. The first-order valence-electron chi connectivity index (χ1n) is 12.6. The molecule has 5 atom stereocenters. The SMILES string of the molecule is COc1ccc2c(c1)C13CCN(CC4CC4)C(C2)C1C1C2CCC(CC2)C1C(=O)C3. The first-order valence-corrected chi connectivity index (χ1v) is 12.6. The van der Waals surface area contributed by atoms with Crippen molar-refractivity contribution >= 4 is 5.78 Å². The Morgan fingerprint density at radius 3 is 2.67 bits per heavy atom. The van der Waals surface area contributed by atoms with Crippen LogP contribution in [0, 0.1) is 35.5 Å². The summed E-state index contributed by atoms with van der Waals surface area (Å²) in [6.07, 6.45) is 11.4. The van der Waals surface area contributed by atoms with Crippen molar-refractivity contribution in [1.82, 2.24) is 4.90 Å². The lowest BCUT2D eigenvalue weighted by Crippen LogP contribution is -2.69. The van der Waals surface area contributed by atoms with Gasteiger partial charge in [-0.15, -0.1) is 0 Å². The van der Waals surface area contributed by atoms with E-state index in [2.05, 4.69) is 23.1 Å². The number of methoxy groups -OCH3 is 1. The average Bonchev–Trinajstić information content (AvgIpc) is 3.60. The normalized spacial score (nSPS) is 44.2. The summed E-state index contributed by atoms with van der Waals surface area (Å²) in [5.41, 5.74) is 3.06. The van der Waals surface area contributed by atoms with Crippen molar-refractivity contribution in [2.24, 2.45) is 35.5 Å². The van der Waals surface area contributed by atoms with E-state index in [-0.39, 0.29) is 5.41 Å². The molecular formula is C27H35NO2. The van der Waals surface area contributed by atoms with E-state index in [0.29, 0.717) is 35.5 Å². The van der Waals surface area contributed by atoms with Gasteiger partial charge < -0.3 is 4.74 Å². The summed E-state index contributed by atoms with van der Waals surface area (Å²) < 4.78 is 5.66. The van der Waals surface area contributed by atoms with Gasteiger partial charge in [0.2, 0.25) is 0 Å². The van der Waals surface area contributed by atoms with E-state index in [0.717, 1.165) is 24.0 Å². The summed E-state index contributed by atoms with van der Waals surface area (Å²) in [5.74, 6) is 5.73. The molecular weight excluding hydrogens is 370 g/mol. The molecule has 160 valence electrons. The highest BCUT2D eigenvalue weighted by Crippen LogP contribution is 2.65. The number of carbonyl (C=O) groups excluding carboxylic acids is 1. The van der Waals surface area contributed by atoms with Crippen molar-refractivity contribution in [1.29, 1.82) is 0 Å². The van der Waals surface area contributed by atoms with E-state index >= 15 is 0 Å². The van der Waals surface area contributed by atoms with Crippen LogP contribution in [-0.2, 0) is 16.6 Å². The smallest absolute Gasteiger partial charge is 0.137 e. The number of benzene rings is 1. The molecule has 4 bridgehead atoms. The number of carbonyl (C=O) groups is 1. The van der Waals surface area contributed by atoms with Crippen LogP contribution in [0.25, 0.3) is 0 Å². The standard InChI is InChI=1S/C27H35NO2/c1-30-20-9-8-19-12-22-26-25-18-6-4-17(5-7-18)24(25)23(29)14-27(26,21(19)13-20)10-11-28(22)15-16-2-3-16/h8-9,13,16-18,22,24-26H,2-7,10-12,14-15H2,1H3. The summed E-state index contributed by atoms with van der Waals surface area (Å²) in [5, 5.41) is 0. The van der Waals surface area contributed by atoms with Crippen LogP contribution in [0.1, 0.15) is 62.5 Å². The predicted octanol–water partition coefficient (Wildman–Crippen LogP) is 4.61. The molecule has 3 heteroatoms. The zero-order chi connectivity index (χ0) is 20.0. The second kappa shape index (κ2) is 6.34. The third-order valence-corrected chi connectivity index (χ3v) is 10.4. The molecule has 5 unspecified atom stereocenters. The fourth-order valence-corrected chi connectivity index (χ4v) is 9.10. The lowest BCUT2D eigenvalue weighted by Gasteiger charge is -2.66. The van der Waals surface area contributed by atoms with Crippen LogP contribution in [0.2, 0.25) is 0 Å². The van der Waals surface area contributed by atoms with Gasteiger partial charge in [0.15, 0.2) is 0 Å². The molecule has 8 rings (SSSR count). The van der Waals surface area contributed by atoms with Gasteiger partial charge in [0.1, 0.15) is 11.5 Å². The summed E-state index contributed by atoms with van der Waals surface area (Å²) in [7, 11) is 1.78. The van der Waals surface area contributed by atoms with E-state index in [1.54, 1.807) is 7.11 Å². The fraction of sp³-hybridized carbons (Fsp3) is 0.741. The maximum Gasteiger partial charge on any atom is 0.137 e. The van der Waals surface area contributed by atoms with Crippen LogP contribution >= 0.6 is 0 Å². The molecule has 0 radical (unpaired) electrons. The van der Waals surface area contributed by atoms with Crippen LogP contribution in [0.15, 0.2) is 18.2 Å². The number of likely N-dealkylation sites (tertiary alicyclic amines) is 1. The summed E-state index contributed by atoms with van der Waals surface area (Å²) in [4.78, 5) is 16.6. The van der Waals surface area contributed by atoms with Gasteiger partial charge in [-0.3, -0.25) is 9.69 Å². The van der Waals surface area contributed by atoms with E-state index in [1.165, 1.54) is 75.6 Å². The number of Topliss-reactive ketones (excluding diaryl/α,β-unsaturated/α-hetero) is 1. The van der Waals surface area contributed by atoms with Crippen LogP contribution < -0.4 is 4.74 Å². The van der Waals surface area contributed by atoms with Gasteiger partial charge in [0, 0.05) is 30.3 Å². The molecule has 1 saturated heterocycles. The van der Waals surface area contributed by atoms with E-state index in [1.807, 2.05) is 0 Å². The van der Waals surface area contributed by atoms with Crippen molar-refractivity contribution in [2.75, 3.05) is 20.2 Å². The Bertz CT molecular complexity index is 883. The summed E-state index contributed by atoms with van der Waals surface area (Å²) in [6, 6.07) is 7.44. The van der Waals surface area contributed by atoms with Gasteiger partial charge in [0.25, 0.3) is 0 Å². The Labute approximate surface area is 180 Å². The van der Waals surface area contributed by atoms with Crippen molar-refractivity contribution < 1.29 is 9.53 Å². The summed E-state index contributed by atoms with van der Waals surface area (Å²) in [6.45, 7) is 2.50. The van der Waals surface area contributed by atoms with Crippen molar-refractivity contribution in [3.63, 3.8) is 0 Å². The minimum atomic E-state index is 0.0720. The van der Waals surface area contributed by atoms with Gasteiger partial charge in [-0.05, 0) is 111 Å². The highest BCUT2D eigenvalue weighted by atomic mass is 16.5. The minimum absolute atomic E-state index is 0.0720. The molecule has 7 aliphatic rings. The molecule has 1 aromatic rings. The van der Waals surface area contributed by atoms with Gasteiger partial charge in [-0.1, -0.05) is 6.07 Å². The monoisotopic (exact) mass is 405 g/mol. The molecule has 6 aliphatic carbocycles. The van der Waals surface area contributed by atoms with E-state index in [9.17, 15) is 4.79 Å². The molecule has 0 amide bonds. The third kappa shape index (κ3) is 2.39. The van der Waals surface area contributed by atoms with Crippen molar-refractivity contribution in [3.05, 3.63) is 29.3 Å². The number of rotatable bonds is 3. The number of nitrogens with zero attached hydrogens (tertiary/aromatic N) is 1. The maximum atomic E-state index is 13.8. The second-order valence-electron chi connectivity index (χ2n) is 11.6. The summed E-state index contributed by atoms with van der Waals surface area (Å²) >= 11 is 0. The lowest BCUT2D eigenvalue weighted by atomic mass is 9.40. The molecule has 0 N–H and O–H groups in total. The molecule has 30 heavy (non-hydrogen) atoms. The molecule has 6 fully saturated rings. The number of hydrogen-bond donors (Lipinski definition) is 0. The first kappa shape index (κ1) is 18.2. The van der Waals surface area contributed by atoms with Gasteiger partial charge in [-0.25, -0.2) is 0 Å². The third-order valence-electron chi connectivity index (χ3n) is 10.4. The predicted molar refractivity (Wildman–Crippen MR) is 117 cm³/mol. The Balaban J connectivity index is 1.39. The zero-order valence-electron chi connectivity index (χ0n) is 18.3. The molecule has 1 heterocycles. The van der Waals surface area contributed by atoms with Gasteiger partial charge >= 0.3 is 0 Å². The van der Waals surface area contributed by atoms with E-state index in [4.69, 9.17) is 4.74 Å². The maximum absolute atomic E-state index is 13.8. The zero-order valence-corrected chi connectivity index (χ0v) is 18.3. The average molecular weight is 406 g/mol. The van der Waals surface area contributed by atoms with Crippen LogP contribution in [0.3, 0.4) is 0 Å². The number of fused-ring (bicyclic) bond motifs is 3. The van der Waals surface area contributed by atoms with E-state index < -0.39 is 0 Å². The van der Waals surface area contributed by atoms with Crippen LogP contribution in [0.4, 0.5) is 0 Å².